The summed E-state index contributed by atoms with van der Waals surface area (Å²) < 4.78 is 8.98. The standard InChI is InChI=1S/C9H14N2O4/c1-14-8(12)4-5-9(13)15-6-2-3-7(10)11/h4-5H,2-3,6H2,1H3,(H3,10,11)/b5-4+. The van der Waals surface area contributed by atoms with Crippen LogP contribution in [0, 0.1) is 5.41 Å². The molecule has 0 saturated carbocycles. The van der Waals surface area contributed by atoms with Gasteiger partial charge in [0.1, 0.15) is 0 Å². The molecule has 0 atom stereocenters. The molecule has 15 heavy (non-hydrogen) atoms. The predicted molar refractivity (Wildman–Crippen MR) is 53.3 cm³/mol. The number of nitrogens with two attached hydrogens (primary N) is 1. The predicted octanol–water partition coefficient (Wildman–Crippen LogP) is -0.0250. The molecule has 0 unspecified atom stereocenters. The lowest BCUT2D eigenvalue weighted by Gasteiger charge is -2.00. The fraction of sp³-hybridized carbons (Fsp3) is 0.444. The van der Waals surface area contributed by atoms with Gasteiger partial charge >= 0.3 is 11.9 Å². The topological polar surface area (TPSA) is 102 Å². The Morgan fingerprint density at radius 3 is 2.47 bits per heavy atom. The van der Waals surface area contributed by atoms with Gasteiger partial charge in [-0.25, -0.2) is 9.59 Å². The molecular weight excluding hydrogens is 200 g/mol. The van der Waals surface area contributed by atoms with Crippen molar-refractivity contribution >= 4 is 17.8 Å². The average Bonchev–Trinajstić information content (AvgIpc) is 2.20. The molecule has 0 heterocycles. The largest absolute Gasteiger partial charge is 0.466 e. The molecule has 0 aromatic carbocycles. The summed E-state index contributed by atoms with van der Waals surface area (Å²) in [7, 11) is 1.21. The van der Waals surface area contributed by atoms with E-state index in [4.69, 9.17) is 15.9 Å². The smallest absolute Gasteiger partial charge is 0.331 e. The Kier molecular flexibility index (Phi) is 6.61. The van der Waals surface area contributed by atoms with Crippen LogP contribution < -0.4 is 5.73 Å². The van der Waals surface area contributed by atoms with Crippen molar-refractivity contribution in [3.05, 3.63) is 12.2 Å². The quantitative estimate of drug-likeness (QED) is 0.212. The number of carbonyl (C=O) groups excluding carboxylic acids is 2. The molecule has 0 aromatic rings. The van der Waals surface area contributed by atoms with Gasteiger partial charge in [0.05, 0.1) is 19.6 Å². The summed E-state index contributed by atoms with van der Waals surface area (Å²) in [4.78, 5) is 21.5. The normalized spacial score (nSPS) is 9.93. The number of amidine groups is 1. The number of carbonyl (C=O) groups is 2. The van der Waals surface area contributed by atoms with Crippen molar-refractivity contribution in [2.45, 2.75) is 12.8 Å². The fourth-order valence-electron chi connectivity index (χ4n) is 0.688. The van der Waals surface area contributed by atoms with Gasteiger partial charge in [0.15, 0.2) is 0 Å². The first-order valence-corrected chi connectivity index (χ1v) is 4.32. The molecule has 3 N–H and O–H groups in total. The van der Waals surface area contributed by atoms with Crippen LogP contribution in [0.3, 0.4) is 0 Å². The van der Waals surface area contributed by atoms with Crippen LogP contribution in [0.25, 0.3) is 0 Å². The first-order valence-electron chi connectivity index (χ1n) is 4.32. The van der Waals surface area contributed by atoms with Gasteiger partial charge in [-0.2, -0.15) is 0 Å². The lowest BCUT2D eigenvalue weighted by atomic mass is 10.3. The lowest BCUT2D eigenvalue weighted by molar-refractivity contribution is -0.139. The Morgan fingerprint density at radius 2 is 1.93 bits per heavy atom. The van der Waals surface area contributed by atoms with Crippen molar-refractivity contribution in [3.8, 4) is 0 Å². The molecule has 0 radical (unpaired) electrons. The minimum atomic E-state index is -0.621. The highest BCUT2D eigenvalue weighted by Crippen LogP contribution is 1.91. The molecule has 0 saturated heterocycles. The first kappa shape index (κ1) is 13.2. The lowest BCUT2D eigenvalue weighted by Crippen LogP contribution is -2.11. The minimum absolute atomic E-state index is 0.0520. The number of hydrogen-bond donors (Lipinski definition) is 2. The van der Waals surface area contributed by atoms with Gasteiger partial charge in [0.2, 0.25) is 0 Å². The highest BCUT2D eigenvalue weighted by molar-refractivity contribution is 5.91. The molecular formula is C9H14N2O4. The van der Waals surface area contributed by atoms with Crippen LogP contribution in [-0.4, -0.2) is 31.5 Å². The second kappa shape index (κ2) is 7.54. The highest BCUT2D eigenvalue weighted by atomic mass is 16.5. The van der Waals surface area contributed by atoms with Crippen molar-refractivity contribution in [2.24, 2.45) is 5.73 Å². The van der Waals surface area contributed by atoms with Crippen molar-refractivity contribution in [2.75, 3.05) is 13.7 Å². The van der Waals surface area contributed by atoms with E-state index < -0.39 is 11.9 Å². The summed E-state index contributed by atoms with van der Waals surface area (Å²) in [5.74, 6) is -1.18. The molecule has 0 aliphatic carbocycles. The summed E-state index contributed by atoms with van der Waals surface area (Å²) >= 11 is 0. The number of esters is 2. The van der Waals surface area contributed by atoms with Crippen molar-refractivity contribution in [1.29, 1.82) is 5.41 Å². The molecule has 0 amide bonds. The third-order valence-electron chi connectivity index (χ3n) is 1.39. The second-order valence-corrected chi connectivity index (χ2v) is 2.65. The second-order valence-electron chi connectivity index (χ2n) is 2.65. The maximum atomic E-state index is 10.9. The third kappa shape index (κ3) is 8.48. The number of hydrogen-bond acceptors (Lipinski definition) is 5. The Labute approximate surface area is 87.5 Å². The molecule has 0 aromatic heterocycles. The zero-order valence-corrected chi connectivity index (χ0v) is 8.49. The van der Waals surface area contributed by atoms with Crippen molar-refractivity contribution in [3.63, 3.8) is 0 Å². The van der Waals surface area contributed by atoms with Crippen LogP contribution in [0.1, 0.15) is 12.8 Å². The van der Waals surface area contributed by atoms with E-state index in [0.29, 0.717) is 12.8 Å². The van der Waals surface area contributed by atoms with Gasteiger partial charge in [-0.05, 0) is 6.42 Å². The maximum absolute atomic E-state index is 10.9. The van der Waals surface area contributed by atoms with Crippen molar-refractivity contribution in [1.82, 2.24) is 0 Å². The molecule has 0 rings (SSSR count). The van der Waals surface area contributed by atoms with Gasteiger partial charge in [-0.15, -0.1) is 0 Å². The Bertz CT molecular complexity index is 273. The number of ether oxygens (including phenoxy) is 2. The summed E-state index contributed by atoms with van der Waals surface area (Å²) in [6, 6.07) is 0. The van der Waals surface area contributed by atoms with Crippen LogP contribution in [0.4, 0.5) is 0 Å². The molecule has 0 bridgehead atoms. The molecule has 6 heteroatoms. The van der Waals surface area contributed by atoms with E-state index in [1.165, 1.54) is 7.11 Å². The zero-order valence-electron chi connectivity index (χ0n) is 8.49. The van der Waals surface area contributed by atoms with Gasteiger partial charge in [0, 0.05) is 18.6 Å². The van der Waals surface area contributed by atoms with E-state index >= 15 is 0 Å². The Balaban J connectivity index is 3.62. The summed E-state index contributed by atoms with van der Waals surface area (Å²) in [6.07, 6.45) is 2.84. The number of nitrogens with one attached hydrogen (secondary N) is 1. The van der Waals surface area contributed by atoms with Crippen molar-refractivity contribution < 1.29 is 19.1 Å². The van der Waals surface area contributed by atoms with Gasteiger partial charge in [-0.3, -0.25) is 5.41 Å². The van der Waals surface area contributed by atoms with Crippen LogP contribution in [0.5, 0.6) is 0 Å². The summed E-state index contributed by atoms with van der Waals surface area (Å²) in [5.41, 5.74) is 5.09. The van der Waals surface area contributed by atoms with E-state index in [0.717, 1.165) is 12.2 Å². The monoisotopic (exact) mass is 214 g/mol. The minimum Gasteiger partial charge on any atom is -0.466 e. The van der Waals surface area contributed by atoms with Gasteiger partial charge in [-0.1, -0.05) is 0 Å². The van der Waals surface area contributed by atoms with Crippen LogP contribution >= 0.6 is 0 Å². The van der Waals surface area contributed by atoms with E-state index in [1.54, 1.807) is 0 Å². The van der Waals surface area contributed by atoms with E-state index in [-0.39, 0.29) is 12.4 Å². The fourth-order valence-corrected chi connectivity index (χ4v) is 0.688. The highest BCUT2D eigenvalue weighted by Gasteiger charge is 1.99. The van der Waals surface area contributed by atoms with Gasteiger partial charge in [0.25, 0.3) is 0 Å². The zero-order chi connectivity index (χ0) is 11.7. The average molecular weight is 214 g/mol. The van der Waals surface area contributed by atoms with E-state index in [2.05, 4.69) is 4.74 Å². The Hall–Kier alpha value is -1.85. The van der Waals surface area contributed by atoms with E-state index in [9.17, 15) is 9.59 Å². The number of rotatable bonds is 6. The summed E-state index contributed by atoms with van der Waals surface area (Å²) in [5, 5.41) is 6.90. The first-order chi connectivity index (χ1) is 7.06. The van der Waals surface area contributed by atoms with E-state index in [1.807, 2.05) is 0 Å². The third-order valence-corrected chi connectivity index (χ3v) is 1.39. The molecule has 0 spiro atoms. The molecule has 6 nitrogen and oxygen atoms in total. The molecule has 84 valence electrons. The SMILES string of the molecule is COC(=O)/C=C/C(=O)OCCCC(=N)N. The maximum Gasteiger partial charge on any atom is 0.331 e. The van der Waals surface area contributed by atoms with Crippen LogP contribution in [0.2, 0.25) is 0 Å². The molecule has 0 fully saturated rings. The van der Waals surface area contributed by atoms with Crippen LogP contribution in [-0.2, 0) is 19.1 Å². The van der Waals surface area contributed by atoms with Gasteiger partial charge < -0.3 is 15.2 Å². The Morgan fingerprint density at radius 1 is 1.33 bits per heavy atom. The molecule has 0 aliphatic heterocycles. The molecule has 0 aliphatic rings. The van der Waals surface area contributed by atoms with Crippen LogP contribution in [0.15, 0.2) is 12.2 Å². The summed E-state index contributed by atoms with van der Waals surface area (Å²) in [6.45, 7) is 0.171. The number of methoxy groups -OCH3 is 1.